The summed E-state index contributed by atoms with van der Waals surface area (Å²) in [6.45, 7) is 8.03. The number of likely N-dealkylation sites (N-methyl/N-ethyl adjacent to an activating group) is 1. The maximum Gasteiger partial charge on any atom is 0.275 e. The maximum absolute atomic E-state index is 13.8. The van der Waals surface area contributed by atoms with Crippen LogP contribution in [-0.4, -0.2) is 143 Å². The lowest BCUT2D eigenvalue weighted by atomic mass is 10.1. The Hall–Kier alpha value is -6.14. The van der Waals surface area contributed by atoms with Crippen molar-refractivity contribution in [1.82, 2.24) is 39.5 Å². The first kappa shape index (κ1) is 54.2. The number of fused-ring (bicyclic) bond motifs is 2. The average molecular weight is 1030 g/mol. The molecule has 0 unspecified atom stereocenters. The SMILES string of the molecule is C.CN(Cc1cc(Cl)ccc1C#N)C(=O)C1=NCc2ncnc(N[C@@H]3CC[C@@H](O)[C@H]3O)c21.CN(Cc1cc(Cl)ccc1C#N)C(=O)c1nn(COCC[Si](C)(C)C)c2ncnc(N[C@@H]3CC[C@@H](O)[C@H]3O)c12. The number of aliphatic imine (C=N–C) groups is 1. The van der Waals surface area contributed by atoms with Crippen LogP contribution in [0.4, 0.5) is 11.6 Å². The van der Waals surface area contributed by atoms with E-state index >= 15 is 0 Å². The standard InChI is InChI=1S/C26H34ClN7O4Si.C21H21ClN6O3.CH4/c1-33(13-17-11-18(27)6-5-16(17)12-28)26(37)22-21-24(31-19-7-8-20(35)23(19)36)29-14-30-25(21)34(32-22)15-38-9-10-39(2,3)4;1-28(9-12-6-13(22)3-2-11(12)7-23)21(31)18-17-15(8-24-18)25-10-26-20(17)27-14-4-5-16(29)19(14)30;/h5-6,11,14,19-20,23,35-36H,7-10,13,15H2,1-4H3,(H,29,30,31);2-3,6,10,14,16,19,29-30H,4-5,8-9H2,1H3,(H,25,26,27);1H4/t19-,20-,23+;14-,16-,19+;/m11./s1. The number of benzene rings is 2. The molecule has 6 N–H and O–H groups in total. The zero-order valence-corrected chi connectivity index (χ0v) is 41.9. The largest absolute Gasteiger partial charge is 0.390 e. The summed E-state index contributed by atoms with van der Waals surface area (Å²) in [5.74, 6) is -0.00706. The molecule has 71 heavy (non-hydrogen) atoms. The van der Waals surface area contributed by atoms with Gasteiger partial charge in [0.05, 0.1) is 83.0 Å². The molecule has 0 radical (unpaired) electrons. The first-order valence-corrected chi connectivity index (χ1v) is 27.1. The fraction of sp³-hybridized carbons (Fsp3) is 0.458. The Balaban J connectivity index is 0.000000235. The van der Waals surface area contributed by atoms with E-state index in [0.29, 0.717) is 98.5 Å². The summed E-state index contributed by atoms with van der Waals surface area (Å²) in [5.41, 5.74) is 3.95. The molecule has 2 saturated carbocycles. The van der Waals surface area contributed by atoms with Crippen molar-refractivity contribution in [3.05, 3.63) is 98.3 Å². The van der Waals surface area contributed by atoms with Crippen molar-refractivity contribution in [2.24, 2.45) is 4.99 Å². The number of aromatic nitrogens is 6. The molecule has 0 spiro atoms. The summed E-state index contributed by atoms with van der Waals surface area (Å²) in [5, 5.41) is 71.5. The van der Waals surface area contributed by atoms with Crippen molar-refractivity contribution >= 4 is 71.5 Å². The summed E-state index contributed by atoms with van der Waals surface area (Å²) < 4.78 is 7.44. The second-order valence-electron chi connectivity index (χ2n) is 18.7. The predicted molar refractivity (Wildman–Crippen MR) is 270 cm³/mol. The highest BCUT2D eigenvalue weighted by Gasteiger charge is 2.37. The van der Waals surface area contributed by atoms with Gasteiger partial charge < -0.3 is 45.6 Å². The Bertz CT molecular complexity index is 2870. The van der Waals surface area contributed by atoms with Gasteiger partial charge in [0, 0.05) is 51.9 Å². The van der Waals surface area contributed by atoms with Gasteiger partial charge in [-0.2, -0.15) is 15.6 Å². The molecular formula is C48H59Cl2N13O7Si. The number of aliphatic hydroxyl groups excluding tert-OH is 4. The van der Waals surface area contributed by atoms with E-state index in [9.17, 15) is 40.5 Å². The molecule has 2 aromatic carbocycles. The summed E-state index contributed by atoms with van der Waals surface area (Å²) in [7, 11) is 1.95. The minimum atomic E-state index is -1.30. The van der Waals surface area contributed by atoms with Crippen LogP contribution in [0.15, 0.2) is 54.0 Å². The molecule has 376 valence electrons. The predicted octanol–water partition coefficient (Wildman–Crippen LogP) is 5.13. The average Bonchev–Trinajstić information content (AvgIpc) is 4.10. The minimum absolute atomic E-state index is 0. The number of nitrogens with one attached hydrogen (secondary N) is 2. The van der Waals surface area contributed by atoms with Crippen LogP contribution in [0, 0.1) is 22.7 Å². The number of amides is 2. The van der Waals surface area contributed by atoms with Crippen LogP contribution in [0.2, 0.25) is 35.7 Å². The molecule has 8 rings (SSSR count). The van der Waals surface area contributed by atoms with Crippen LogP contribution in [0.25, 0.3) is 11.0 Å². The van der Waals surface area contributed by atoms with Crippen molar-refractivity contribution in [3.63, 3.8) is 0 Å². The number of nitriles is 2. The summed E-state index contributed by atoms with van der Waals surface area (Å²) >= 11 is 12.2. The Morgan fingerprint density at radius 2 is 1.34 bits per heavy atom. The lowest BCUT2D eigenvalue weighted by Gasteiger charge is -2.22. The van der Waals surface area contributed by atoms with E-state index in [1.54, 1.807) is 50.5 Å². The van der Waals surface area contributed by atoms with E-state index in [-0.39, 0.29) is 57.1 Å². The van der Waals surface area contributed by atoms with E-state index < -0.39 is 44.4 Å². The third-order valence-electron chi connectivity index (χ3n) is 12.4. The fourth-order valence-electron chi connectivity index (χ4n) is 8.40. The van der Waals surface area contributed by atoms with Gasteiger partial charge >= 0.3 is 0 Å². The molecule has 2 fully saturated rings. The van der Waals surface area contributed by atoms with E-state index in [1.807, 2.05) is 0 Å². The normalized spacial score (nSPS) is 20.2. The lowest BCUT2D eigenvalue weighted by molar-refractivity contribution is -0.123. The van der Waals surface area contributed by atoms with Crippen LogP contribution in [-0.2, 0) is 35.9 Å². The van der Waals surface area contributed by atoms with E-state index in [2.05, 4.69) is 72.4 Å². The van der Waals surface area contributed by atoms with Crippen LogP contribution < -0.4 is 10.6 Å². The summed E-state index contributed by atoms with van der Waals surface area (Å²) in [4.78, 5) is 51.5. The summed E-state index contributed by atoms with van der Waals surface area (Å²) in [6, 6.07) is 14.2. The Morgan fingerprint density at radius 3 is 1.87 bits per heavy atom. The molecule has 2 amide bonds. The smallest absolute Gasteiger partial charge is 0.275 e. The molecule has 3 aromatic heterocycles. The van der Waals surface area contributed by atoms with Gasteiger partial charge in [0.25, 0.3) is 11.8 Å². The van der Waals surface area contributed by atoms with Gasteiger partial charge in [-0.1, -0.05) is 50.3 Å². The zero-order chi connectivity index (χ0) is 50.4. The number of carbonyl (C=O) groups is 2. The highest BCUT2D eigenvalue weighted by atomic mass is 35.5. The summed E-state index contributed by atoms with van der Waals surface area (Å²) in [6.07, 6.45) is 1.29. The van der Waals surface area contributed by atoms with Crippen LogP contribution in [0.1, 0.15) is 77.1 Å². The number of carbonyl (C=O) groups excluding carboxylic acids is 2. The number of hydrogen-bond acceptors (Lipinski definition) is 17. The van der Waals surface area contributed by atoms with Crippen molar-refractivity contribution < 1.29 is 34.8 Å². The molecule has 2 aliphatic carbocycles. The molecule has 0 bridgehead atoms. The topological polar surface area (TPSA) is 284 Å². The third kappa shape index (κ3) is 12.7. The van der Waals surface area contributed by atoms with Crippen molar-refractivity contribution in [2.45, 2.75) is 122 Å². The molecule has 5 aromatic rings. The van der Waals surface area contributed by atoms with Crippen LogP contribution >= 0.6 is 23.2 Å². The van der Waals surface area contributed by atoms with Crippen LogP contribution in [0.3, 0.4) is 0 Å². The van der Waals surface area contributed by atoms with Crippen molar-refractivity contribution in [3.8, 4) is 12.1 Å². The number of halogens is 2. The first-order chi connectivity index (χ1) is 33.4. The molecule has 6 atom stereocenters. The number of anilines is 2. The second kappa shape index (κ2) is 23.4. The molecule has 0 saturated heterocycles. The van der Waals surface area contributed by atoms with Crippen LogP contribution in [0.5, 0.6) is 0 Å². The van der Waals surface area contributed by atoms with E-state index in [1.165, 1.54) is 27.1 Å². The molecule has 3 aliphatic rings. The van der Waals surface area contributed by atoms with Gasteiger partial charge in [-0.15, -0.1) is 0 Å². The lowest BCUT2D eigenvalue weighted by Crippen LogP contribution is -2.36. The molecule has 1 aliphatic heterocycles. The Kier molecular flexibility index (Phi) is 17.9. The van der Waals surface area contributed by atoms with Gasteiger partial charge in [-0.05, 0) is 79.3 Å². The number of rotatable bonds is 15. The highest BCUT2D eigenvalue weighted by molar-refractivity contribution is 6.76. The van der Waals surface area contributed by atoms with Crippen molar-refractivity contribution in [1.29, 1.82) is 10.5 Å². The van der Waals surface area contributed by atoms with Gasteiger partial charge in [0.2, 0.25) is 0 Å². The number of nitrogens with zero attached hydrogens (tertiary/aromatic N) is 11. The molecular weight excluding hydrogens is 970 g/mol. The second-order valence-corrected chi connectivity index (χ2v) is 25.2. The fourth-order valence-corrected chi connectivity index (χ4v) is 9.55. The quantitative estimate of drug-likeness (QED) is 0.0586. The Morgan fingerprint density at radius 1 is 0.803 bits per heavy atom. The van der Waals surface area contributed by atoms with Gasteiger partial charge in [0.1, 0.15) is 36.7 Å². The minimum Gasteiger partial charge on any atom is -0.390 e. The number of aliphatic hydroxyl groups is 4. The van der Waals surface area contributed by atoms with E-state index in [0.717, 1.165) is 6.04 Å². The highest BCUT2D eigenvalue weighted by Crippen LogP contribution is 2.31. The van der Waals surface area contributed by atoms with Gasteiger partial charge in [-0.25, -0.2) is 24.6 Å². The molecule has 4 heterocycles. The van der Waals surface area contributed by atoms with E-state index in [4.69, 9.17) is 27.9 Å². The Labute approximate surface area is 423 Å². The van der Waals surface area contributed by atoms with Gasteiger partial charge in [-0.3, -0.25) is 14.6 Å². The first-order valence-electron chi connectivity index (χ1n) is 22.7. The van der Waals surface area contributed by atoms with Crippen molar-refractivity contribution in [2.75, 3.05) is 31.3 Å². The molecule has 20 nitrogen and oxygen atoms in total. The number of hydrogen-bond donors (Lipinski definition) is 6. The number of ether oxygens (including phenoxy) is 1. The maximum atomic E-state index is 13.8. The monoisotopic (exact) mass is 1030 g/mol. The van der Waals surface area contributed by atoms with Gasteiger partial charge in [0.15, 0.2) is 11.3 Å². The third-order valence-corrected chi connectivity index (χ3v) is 14.6. The molecule has 23 heteroatoms. The zero-order valence-electron chi connectivity index (χ0n) is 39.3.